The highest BCUT2D eigenvalue weighted by Crippen LogP contribution is 2.38. The average molecular weight is 367 g/mol. The van der Waals surface area contributed by atoms with Gasteiger partial charge in [-0.15, -0.1) is 11.8 Å². The third-order valence-corrected chi connectivity index (χ3v) is 5.02. The number of fused-ring (bicyclic) bond motifs is 1. The zero-order valence-electron chi connectivity index (χ0n) is 11.8. The van der Waals surface area contributed by atoms with Gasteiger partial charge in [0.2, 0.25) is 11.8 Å². The summed E-state index contributed by atoms with van der Waals surface area (Å²) in [5, 5.41) is 6.22. The number of carbonyl (C=O) groups excluding carboxylic acids is 2. The minimum absolute atomic E-state index is 0.0845. The van der Waals surface area contributed by atoms with Crippen LogP contribution in [0.3, 0.4) is 0 Å². The van der Waals surface area contributed by atoms with E-state index < -0.39 is 5.25 Å². The number of rotatable bonds is 3. The lowest BCUT2D eigenvalue weighted by Crippen LogP contribution is -2.32. The molecule has 1 aliphatic rings. The topological polar surface area (TPSA) is 58.2 Å². The van der Waals surface area contributed by atoms with E-state index in [4.69, 9.17) is 23.2 Å². The first-order valence-electron chi connectivity index (χ1n) is 6.84. The largest absolute Gasteiger partial charge is 0.326 e. The van der Waals surface area contributed by atoms with Crippen LogP contribution in [0.5, 0.6) is 0 Å². The van der Waals surface area contributed by atoms with E-state index >= 15 is 0 Å². The molecule has 23 heavy (non-hydrogen) atoms. The van der Waals surface area contributed by atoms with Crippen molar-refractivity contribution in [2.45, 2.75) is 16.6 Å². The Hall–Kier alpha value is -1.69. The quantitative estimate of drug-likeness (QED) is 0.844. The Balaban J connectivity index is 1.66. The van der Waals surface area contributed by atoms with Gasteiger partial charge in [-0.3, -0.25) is 9.59 Å². The van der Waals surface area contributed by atoms with Gasteiger partial charge >= 0.3 is 0 Å². The Morgan fingerprint density at radius 2 is 1.83 bits per heavy atom. The number of nitrogens with one attached hydrogen (secondary N) is 2. The molecule has 0 saturated heterocycles. The van der Waals surface area contributed by atoms with Crippen molar-refractivity contribution in [3.8, 4) is 0 Å². The average Bonchev–Trinajstić information content (AvgIpc) is 2.50. The molecule has 1 heterocycles. The van der Waals surface area contributed by atoms with Crippen LogP contribution in [0.25, 0.3) is 0 Å². The first kappa shape index (κ1) is 16.2. The molecule has 4 nitrogen and oxygen atoms in total. The van der Waals surface area contributed by atoms with Gasteiger partial charge in [0, 0.05) is 27.0 Å². The van der Waals surface area contributed by atoms with Gasteiger partial charge in [0.25, 0.3) is 0 Å². The monoisotopic (exact) mass is 366 g/mol. The smallest absolute Gasteiger partial charge is 0.238 e. The number of anilines is 2. The summed E-state index contributed by atoms with van der Waals surface area (Å²) in [5.74, 6) is -0.423. The summed E-state index contributed by atoms with van der Waals surface area (Å²) in [6.07, 6.45) is 0.0845. The third kappa shape index (κ3) is 3.99. The lowest BCUT2D eigenvalue weighted by atomic mass is 10.2. The SMILES string of the molecule is O=C(CC1Sc2ccc(Cl)cc2NC1=O)Nc1ccc(Cl)cc1. The second-order valence-electron chi connectivity index (χ2n) is 5.00. The maximum Gasteiger partial charge on any atom is 0.238 e. The fourth-order valence-corrected chi connectivity index (χ4v) is 3.56. The molecule has 0 radical (unpaired) electrons. The molecule has 1 aliphatic heterocycles. The Morgan fingerprint density at radius 1 is 1.13 bits per heavy atom. The minimum atomic E-state index is -0.476. The molecule has 0 fully saturated rings. The standard InChI is InChI=1S/C16H12Cl2N2O2S/c17-9-1-4-11(5-2-9)19-15(21)8-14-16(22)20-12-7-10(18)3-6-13(12)23-14/h1-7,14H,8H2,(H,19,21)(H,20,22). The molecule has 1 atom stereocenters. The van der Waals surface area contributed by atoms with Crippen LogP contribution in [0.15, 0.2) is 47.4 Å². The lowest BCUT2D eigenvalue weighted by Gasteiger charge is -2.23. The summed E-state index contributed by atoms with van der Waals surface area (Å²) in [6.45, 7) is 0. The zero-order valence-corrected chi connectivity index (χ0v) is 14.1. The normalized spacial score (nSPS) is 16.4. The summed E-state index contributed by atoms with van der Waals surface area (Å²) < 4.78 is 0. The third-order valence-electron chi connectivity index (χ3n) is 3.26. The Bertz CT molecular complexity index is 765. The van der Waals surface area contributed by atoms with E-state index in [0.717, 1.165) is 4.90 Å². The summed E-state index contributed by atoms with van der Waals surface area (Å²) in [6, 6.07) is 12.1. The fourth-order valence-electron chi connectivity index (χ4n) is 2.17. The fraction of sp³-hybridized carbons (Fsp3) is 0.125. The van der Waals surface area contributed by atoms with Crippen molar-refractivity contribution in [3.05, 3.63) is 52.5 Å². The van der Waals surface area contributed by atoms with E-state index in [2.05, 4.69) is 10.6 Å². The molecule has 7 heteroatoms. The van der Waals surface area contributed by atoms with Crippen LogP contribution in [0.1, 0.15) is 6.42 Å². The summed E-state index contributed by atoms with van der Waals surface area (Å²) in [7, 11) is 0. The highest BCUT2D eigenvalue weighted by atomic mass is 35.5. The first-order valence-corrected chi connectivity index (χ1v) is 8.47. The Kier molecular flexibility index (Phi) is 4.80. The summed E-state index contributed by atoms with van der Waals surface area (Å²) >= 11 is 13.1. The molecule has 1 unspecified atom stereocenters. The van der Waals surface area contributed by atoms with Gasteiger partial charge in [0.05, 0.1) is 10.9 Å². The van der Waals surface area contributed by atoms with E-state index in [1.165, 1.54) is 11.8 Å². The van der Waals surface area contributed by atoms with Crippen molar-refractivity contribution in [2.24, 2.45) is 0 Å². The van der Waals surface area contributed by atoms with Crippen molar-refractivity contribution in [1.82, 2.24) is 0 Å². The van der Waals surface area contributed by atoms with Gasteiger partial charge in [-0.2, -0.15) is 0 Å². The molecule has 0 spiro atoms. The summed E-state index contributed by atoms with van der Waals surface area (Å²) in [5.41, 5.74) is 1.33. The van der Waals surface area contributed by atoms with Crippen LogP contribution >= 0.6 is 35.0 Å². The molecule has 118 valence electrons. The molecule has 0 aromatic heterocycles. The Morgan fingerprint density at radius 3 is 2.57 bits per heavy atom. The zero-order chi connectivity index (χ0) is 16.4. The molecular weight excluding hydrogens is 355 g/mol. The van der Waals surface area contributed by atoms with E-state index in [0.29, 0.717) is 21.4 Å². The van der Waals surface area contributed by atoms with E-state index in [1.54, 1.807) is 36.4 Å². The van der Waals surface area contributed by atoms with E-state index in [-0.39, 0.29) is 18.2 Å². The maximum atomic E-state index is 12.1. The van der Waals surface area contributed by atoms with Gasteiger partial charge in [0.1, 0.15) is 0 Å². The second-order valence-corrected chi connectivity index (χ2v) is 7.11. The molecule has 0 aliphatic carbocycles. The molecule has 0 saturated carbocycles. The molecule has 2 aromatic carbocycles. The molecular formula is C16H12Cl2N2O2S. The van der Waals surface area contributed by atoms with Gasteiger partial charge in [0.15, 0.2) is 0 Å². The van der Waals surface area contributed by atoms with Gasteiger partial charge in [-0.05, 0) is 42.5 Å². The van der Waals surface area contributed by atoms with Crippen LogP contribution in [-0.4, -0.2) is 17.1 Å². The number of carbonyl (C=O) groups is 2. The number of amides is 2. The van der Waals surface area contributed by atoms with Crippen LogP contribution in [0, 0.1) is 0 Å². The van der Waals surface area contributed by atoms with Crippen LogP contribution in [0.2, 0.25) is 10.0 Å². The van der Waals surface area contributed by atoms with Gasteiger partial charge in [-0.25, -0.2) is 0 Å². The first-order chi connectivity index (χ1) is 11.0. The summed E-state index contributed by atoms with van der Waals surface area (Å²) in [4.78, 5) is 25.1. The molecule has 2 amide bonds. The Labute approximate surface area is 147 Å². The van der Waals surface area contributed by atoms with Crippen molar-refractivity contribution < 1.29 is 9.59 Å². The van der Waals surface area contributed by atoms with Crippen molar-refractivity contribution >= 4 is 58.2 Å². The predicted molar refractivity (Wildman–Crippen MR) is 94.4 cm³/mol. The highest BCUT2D eigenvalue weighted by Gasteiger charge is 2.29. The number of halogens is 2. The predicted octanol–water partition coefficient (Wildman–Crippen LogP) is 4.44. The maximum absolute atomic E-state index is 12.1. The number of thioether (sulfide) groups is 1. The molecule has 2 aromatic rings. The molecule has 3 rings (SSSR count). The second kappa shape index (κ2) is 6.83. The van der Waals surface area contributed by atoms with Crippen molar-refractivity contribution in [3.63, 3.8) is 0 Å². The highest BCUT2D eigenvalue weighted by molar-refractivity contribution is 8.01. The van der Waals surface area contributed by atoms with Crippen molar-refractivity contribution in [2.75, 3.05) is 10.6 Å². The van der Waals surface area contributed by atoms with E-state index in [1.807, 2.05) is 6.07 Å². The van der Waals surface area contributed by atoms with Gasteiger partial charge in [-0.1, -0.05) is 23.2 Å². The van der Waals surface area contributed by atoms with Crippen LogP contribution in [-0.2, 0) is 9.59 Å². The molecule has 2 N–H and O–H groups in total. The van der Waals surface area contributed by atoms with E-state index in [9.17, 15) is 9.59 Å². The number of hydrogen-bond donors (Lipinski definition) is 2. The number of hydrogen-bond acceptors (Lipinski definition) is 3. The lowest BCUT2D eigenvalue weighted by molar-refractivity contribution is -0.120. The minimum Gasteiger partial charge on any atom is -0.326 e. The van der Waals surface area contributed by atoms with Crippen LogP contribution < -0.4 is 10.6 Å². The molecule has 0 bridgehead atoms. The van der Waals surface area contributed by atoms with Crippen molar-refractivity contribution in [1.29, 1.82) is 0 Å². The van der Waals surface area contributed by atoms with Crippen LogP contribution in [0.4, 0.5) is 11.4 Å². The number of benzene rings is 2. The van der Waals surface area contributed by atoms with Gasteiger partial charge < -0.3 is 10.6 Å².